The first-order chi connectivity index (χ1) is 18.5. The largest absolute Gasteiger partial charge is 0.506 e. The maximum atomic E-state index is 13.5. The summed E-state index contributed by atoms with van der Waals surface area (Å²) in [7, 11) is 0. The molecular weight excluding hydrogens is 520 g/mol. The summed E-state index contributed by atoms with van der Waals surface area (Å²) < 4.78 is 52.1. The van der Waals surface area contributed by atoms with Crippen LogP contribution in [0, 0.1) is 5.82 Å². The number of hydrogen-bond acceptors (Lipinski definition) is 6. The topological polar surface area (TPSA) is 118 Å². The van der Waals surface area contributed by atoms with Crippen molar-refractivity contribution >= 4 is 16.8 Å². The molecule has 1 unspecified atom stereocenters. The number of likely N-dealkylation sites (tertiary alicyclic amines) is 1. The highest BCUT2D eigenvalue weighted by molar-refractivity contribution is 5.87. The third-order valence-electron chi connectivity index (χ3n) is 6.88. The third kappa shape index (κ3) is 7.55. The lowest BCUT2D eigenvalue weighted by Crippen LogP contribution is -2.44. The summed E-state index contributed by atoms with van der Waals surface area (Å²) in [4.78, 5) is 28.5. The van der Waals surface area contributed by atoms with Gasteiger partial charge in [0, 0.05) is 43.5 Å². The molecule has 0 spiro atoms. The average molecular weight is 551 g/mol. The molecule has 3 aromatic rings. The second kappa shape index (κ2) is 12.1. The van der Waals surface area contributed by atoms with Crippen LogP contribution in [0.1, 0.15) is 42.1 Å². The van der Waals surface area contributed by atoms with Crippen LogP contribution in [-0.2, 0) is 17.5 Å². The second-order valence-corrected chi connectivity index (χ2v) is 9.70. The number of rotatable bonds is 9. The number of aliphatic hydroxyl groups excluding tert-OH is 1. The van der Waals surface area contributed by atoms with E-state index in [0.717, 1.165) is 38.1 Å². The van der Waals surface area contributed by atoms with Gasteiger partial charge in [-0.15, -0.1) is 0 Å². The molecule has 1 aromatic heterocycles. The number of phenolic OH excluding ortho intramolecular Hbond substituents is 1. The number of carbonyl (C=O) groups is 1. The zero-order valence-electron chi connectivity index (χ0n) is 21.0. The minimum absolute atomic E-state index is 0.0401. The highest BCUT2D eigenvalue weighted by atomic mass is 19.4. The van der Waals surface area contributed by atoms with Crippen molar-refractivity contribution in [2.45, 2.75) is 44.1 Å². The number of hydrogen-bond donors (Lipinski definition) is 5. The number of amides is 1. The molecule has 1 aliphatic heterocycles. The van der Waals surface area contributed by atoms with Gasteiger partial charge < -0.3 is 30.7 Å². The van der Waals surface area contributed by atoms with Gasteiger partial charge in [-0.1, -0.05) is 6.07 Å². The lowest BCUT2D eigenvalue weighted by molar-refractivity contribution is -0.137. The highest BCUT2D eigenvalue weighted by Gasteiger charge is 2.31. The van der Waals surface area contributed by atoms with Crippen molar-refractivity contribution in [3.63, 3.8) is 0 Å². The van der Waals surface area contributed by atoms with Crippen molar-refractivity contribution < 1.29 is 32.6 Å². The van der Waals surface area contributed by atoms with Gasteiger partial charge in [0.15, 0.2) is 0 Å². The first kappa shape index (κ1) is 28.5. The Hall–Kier alpha value is -3.48. The number of phenols is 1. The molecule has 2 aromatic carbocycles. The molecule has 0 bridgehead atoms. The van der Waals surface area contributed by atoms with Gasteiger partial charge in [-0.2, -0.15) is 13.2 Å². The Bertz CT molecular complexity index is 1370. The van der Waals surface area contributed by atoms with Gasteiger partial charge in [0.25, 0.3) is 0 Å². The predicted octanol–water partition coefficient (Wildman–Crippen LogP) is 3.19. The van der Waals surface area contributed by atoms with Crippen LogP contribution in [0.5, 0.6) is 5.75 Å². The number of alkyl halides is 3. The molecule has 8 nitrogen and oxygen atoms in total. The Morgan fingerprint density at radius 1 is 1.13 bits per heavy atom. The van der Waals surface area contributed by atoms with Crippen LogP contribution < -0.4 is 16.2 Å². The van der Waals surface area contributed by atoms with E-state index in [2.05, 4.69) is 20.5 Å². The summed E-state index contributed by atoms with van der Waals surface area (Å²) in [6.07, 6.45) is -3.77. The molecule has 0 aliphatic carbocycles. The number of nitrogens with one attached hydrogen (secondary N) is 3. The molecule has 0 radical (unpaired) electrons. The van der Waals surface area contributed by atoms with Crippen molar-refractivity contribution in [1.82, 2.24) is 20.5 Å². The molecular formula is C27H30F4N4O4. The summed E-state index contributed by atoms with van der Waals surface area (Å²) in [5, 5.41) is 27.2. The van der Waals surface area contributed by atoms with Crippen molar-refractivity contribution in [3.8, 4) is 5.75 Å². The number of carbonyl (C=O) groups excluding carboxylic acids is 1. The Kier molecular flexibility index (Phi) is 8.88. The smallest absolute Gasteiger partial charge is 0.416 e. The quantitative estimate of drug-likeness (QED) is 0.261. The Balaban J connectivity index is 1.19. The summed E-state index contributed by atoms with van der Waals surface area (Å²) in [5.74, 6) is -1.42. The van der Waals surface area contributed by atoms with Gasteiger partial charge in [0.1, 0.15) is 11.6 Å². The lowest BCUT2D eigenvalue weighted by atomic mass is 10.0. The third-order valence-corrected chi connectivity index (χ3v) is 6.88. The fraction of sp³-hybridized carbons (Fsp3) is 0.407. The molecule has 2 heterocycles. The van der Waals surface area contributed by atoms with E-state index >= 15 is 0 Å². The number of benzene rings is 2. The van der Waals surface area contributed by atoms with E-state index in [0.29, 0.717) is 23.6 Å². The predicted molar refractivity (Wildman–Crippen MR) is 137 cm³/mol. The average Bonchev–Trinajstić information content (AvgIpc) is 2.89. The van der Waals surface area contributed by atoms with E-state index in [1.165, 1.54) is 12.1 Å². The molecule has 1 atom stereocenters. The maximum Gasteiger partial charge on any atom is 0.416 e. The van der Waals surface area contributed by atoms with Crippen LogP contribution in [0.2, 0.25) is 0 Å². The fourth-order valence-corrected chi connectivity index (χ4v) is 4.76. The number of aliphatic hydroxyl groups is 1. The summed E-state index contributed by atoms with van der Waals surface area (Å²) in [5.41, 5.74) is -0.541. The van der Waals surface area contributed by atoms with Crippen LogP contribution in [-0.4, -0.2) is 58.2 Å². The number of pyridine rings is 1. The SMILES string of the molecule is O=C(CCN1CCC(NCC(O)c2ccc(O)c3[nH]c(=O)ccc23)CC1)NCc1cc(F)cc(C(F)(F)F)c1. The number of fused-ring (bicyclic) bond motifs is 1. The van der Waals surface area contributed by atoms with Crippen LogP contribution >= 0.6 is 0 Å². The van der Waals surface area contributed by atoms with E-state index in [4.69, 9.17) is 0 Å². The molecule has 39 heavy (non-hydrogen) atoms. The minimum atomic E-state index is -4.67. The van der Waals surface area contributed by atoms with E-state index in [9.17, 15) is 37.4 Å². The van der Waals surface area contributed by atoms with Crippen LogP contribution in [0.15, 0.2) is 47.3 Å². The molecule has 1 aliphatic rings. The molecule has 1 fully saturated rings. The molecule has 210 valence electrons. The minimum Gasteiger partial charge on any atom is -0.506 e. The normalized spacial score (nSPS) is 15.9. The number of halogens is 4. The number of aromatic nitrogens is 1. The second-order valence-electron chi connectivity index (χ2n) is 9.70. The summed E-state index contributed by atoms with van der Waals surface area (Å²) >= 11 is 0. The highest BCUT2D eigenvalue weighted by Crippen LogP contribution is 2.31. The van der Waals surface area contributed by atoms with E-state index in [1.54, 1.807) is 12.1 Å². The van der Waals surface area contributed by atoms with Gasteiger partial charge in [0.05, 0.1) is 17.2 Å². The van der Waals surface area contributed by atoms with Gasteiger partial charge in [0.2, 0.25) is 11.5 Å². The monoisotopic (exact) mass is 550 g/mol. The summed E-state index contributed by atoms with van der Waals surface area (Å²) in [6, 6.07) is 8.33. The lowest BCUT2D eigenvalue weighted by Gasteiger charge is -2.32. The Morgan fingerprint density at radius 2 is 1.87 bits per heavy atom. The van der Waals surface area contributed by atoms with Crippen LogP contribution in [0.3, 0.4) is 0 Å². The number of nitrogens with zero attached hydrogens (tertiary/aromatic N) is 1. The van der Waals surface area contributed by atoms with Crippen molar-refractivity contribution in [3.05, 3.63) is 75.3 Å². The fourth-order valence-electron chi connectivity index (χ4n) is 4.76. The van der Waals surface area contributed by atoms with Gasteiger partial charge in [-0.05, 0) is 67.4 Å². The van der Waals surface area contributed by atoms with E-state index < -0.39 is 23.7 Å². The zero-order chi connectivity index (χ0) is 28.2. The maximum absolute atomic E-state index is 13.5. The molecule has 1 amide bonds. The van der Waals surface area contributed by atoms with Gasteiger partial charge in [-0.25, -0.2) is 4.39 Å². The first-order valence-corrected chi connectivity index (χ1v) is 12.6. The first-order valence-electron chi connectivity index (χ1n) is 12.6. The number of aromatic amines is 1. The van der Waals surface area contributed by atoms with Crippen LogP contribution in [0.4, 0.5) is 17.6 Å². The molecule has 0 saturated carbocycles. The van der Waals surface area contributed by atoms with Crippen LogP contribution in [0.25, 0.3) is 10.9 Å². The zero-order valence-corrected chi connectivity index (χ0v) is 21.0. The molecule has 12 heteroatoms. The van der Waals surface area contributed by atoms with Crippen molar-refractivity contribution in [1.29, 1.82) is 0 Å². The number of aromatic hydroxyl groups is 1. The van der Waals surface area contributed by atoms with Gasteiger partial charge >= 0.3 is 6.18 Å². The Morgan fingerprint density at radius 3 is 2.59 bits per heavy atom. The Labute approximate surface area is 221 Å². The van der Waals surface area contributed by atoms with Crippen molar-refractivity contribution in [2.24, 2.45) is 0 Å². The summed E-state index contributed by atoms with van der Waals surface area (Å²) in [6.45, 7) is 2.02. The van der Waals surface area contributed by atoms with E-state index in [1.807, 2.05) is 0 Å². The number of H-pyrrole nitrogens is 1. The van der Waals surface area contributed by atoms with E-state index in [-0.39, 0.29) is 53.8 Å². The molecule has 5 N–H and O–H groups in total. The molecule has 4 rings (SSSR count). The molecule has 1 saturated heterocycles. The van der Waals surface area contributed by atoms with Crippen molar-refractivity contribution in [2.75, 3.05) is 26.2 Å². The standard InChI is InChI=1S/C27H30F4N4O4/c28-18-12-16(11-17(13-18)27(29,30)31)14-33-24(38)7-10-35-8-5-19(6-9-35)32-15-23(37)20-1-3-22(36)26-21(20)2-4-25(39)34-26/h1-4,11-13,19,23,32,36-37H,5-10,14-15H2,(H,33,38)(H,34,39). The van der Waals surface area contributed by atoms with Gasteiger partial charge in [-0.3, -0.25) is 9.59 Å². The number of piperidine rings is 1.